The third-order valence-corrected chi connectivity index (χ3v) is 5.41. The number of aromatic nitrogens is 1. The number of fused-ring (bicyclic) bond motifs is 1. The van der Waals surface area contributed by atoms with Crippen molar-refractivity contribution >= 4 is 22.5 Å². The second-order valence-corrected chi connectivity index (χ2v) is 6.69. The van der Waals surface area contributed by atoms with Crippen molar-refractivity contribution in [3.8, 4) is 0 Å². The minimum Gasteiger partial charge on any atom is -0.375 e. The molecule has 0 amide bonds. The lowest BCUT2D eigenvalue weighted by Crippen LogP contribution is -2.37. The Kier molecular flexibility index (Phi) is 3.04. The maximum absolute atomic E-state index is 6.29. The highest BCUT2D eigenvalue weighted by atomic mass is 35.5. The van der Waals surface area contributed by atoms with Crippen LogP contribution in [0.25, 0.3) is 10.9 Å². The monoisotopic (exact) mass is 289 g/mol. The summed E-state index contributed by atoms with van der Waals surface area (Å²) in [7, 11) is 0. The topological polar surface area (TPSA) is 14.2 Å². The first kappa shape index (κ1) is 12.7. The van der Waals surface area contributed by atoms with Crippen LogP contribution < -0.4 is 0 Å². The lowest BCUT2D eigenvalue weighted by molar-refractivity contribution is -0.0889. The molecule has 1 aromatic carbocycles. The van der Waals surface area contributed by atoms with Gasteiger partial charge in [0.05, 0.1) is 5.60 Å². The van der Waals surface area contributed by atoms with Crippen LogP contribution in [-0.4, -0.2) is 16.8 Å². The predicted molar refractivity (Wildman–Crippen MR) is 82.4 cm³/mol. The van der Waals surface area contributed by atoms with E-state index in [-0.39, 0.29) is 5.60 Å². The fourth-order valence-electron chi connectivity index (χ4n) is 4.08. The zero-order valence-corrected chi connectivity index (χ0v) is 12.4. The quantitative estimate of drug-likeness (QED) is 0.724. The Balaban J connectivity index is 1.70. The Labute approximate surface area is 124 Å². The van der Waals surface area contributed by atoms with Gasteiger partial charge in [-0.15, -0.1) is 0 Å². The van der Waals surface area contributed by atoms with Crippen molar-refractivity contribution in [3.05, 3.63) is 35.5 Å². The van der Waals surface area contributed by atoms with Crippen LogP contribution in [0.15, 0.2) is 30.5 Å². The molecule has 0 N–H and O–H groups in total. The first-order valence-corrected chi connectivity index (χ1v) is 8.04. The van der Waals surface area contributed by atoms with Crippen molar-refractivity contribution < 1.29 is 4.74 Å². The van der Waals surface area contributed by atoms with Gasteiger partial charge in [0.2, 0.25) is 0 Å². The molecule has 2 aliphatic rings. The summed E-state index contributed by atoms with van der Waals surface area (Å²) < 4.78 is 8.57. The van der Waals surface area contributed by atoms with Crippen molar-refractivity contribution in [2.75, 3.05) is 6.61 Å². The lowest BCUT2D eigenvalue weighted by atomic mass is 9.88. The van der Waals surface area contributed by atoms with E-state index in [1.54, 1.807) is 0 Å². The number of nitrogens with zero attached hydrogens (tertiary/aromatic N) is 1. The highest BCUT2D eigenvalue weighted by molar-refractivity contribution is 6.35. The van der Waals surface area contributed by atoms with Crippen LogP contribution in [0, 0.1) is 0 Å². The summed E-state index contributed by atoms with van der Waals surface area (Å²) in [4.78, 5) is 0. The van der Waals surface area contributed by atoms with Gasteiger partial charge in [0.1, 0.15) is 0 Å². The number of benzene rings is 1. The summed E-state index contributed by atoms with van der Waals surface area (Å²) in [6.45, 7) is 0.894. The third-order valence-electron chi connectivity index (χ3n) is 5.09. The fourth-order valence-corrected chi connectivity index (χ4v) is 4.31. The second-order valence-electron chi connectivity index (χ2n) is 6.28. The summed E-state index contributed by atoms with van der Waals surface area (Å²) in [5, 5.41) is 2.02. The second kappa shape index (κ2) is 4.78. The van der Waals surface area contributed by atoms with Gasteiger partial charge in [0.25, 0.3) is 0 Å². The van der Waals surface area contributed by atoms with E-state index >= 15 is 0 Å². The molecule has 2 nitrogen and oxygen atoms in total. The maximum Gasteiger partial charge on any atom is 0.0702 e. The number of hydrogen-bond acceptors (Lipinski definition) is 1. The summed E-state index contributed by atoms with van der Waals surface area (Å²) in [5.41, 5.74) is 1.43. The van der Waals surface area contributed by atoms with Crippen LogP contribution in [0.1, 0.15) is 44.6 Å². The van der Waals surface area contributed by atoms with E-state index in [1.165, 1.54) is 36.6 Å². The molecule has 0 bridgehead atoms. The SMILES string of the molecule is Clc1cccc2c1ccn2C1CCOC2(CCCC2)C1. The van der Waals surface area contributed by atoms with Crippen molar-refractivity contribution in [1.29, 1.82) is 0 Å². The Morgan fingerprint density at radius 2 is 2.05 bits per heavy atom. The molecule has 1 unspecified atom stereocenters. The van der Waals surface area contributed by atoms with Gasteiger partial charge < -0.3 is 9.30 Å². The molecule has 20 heavy (non-hydrogen) atoms. The van der Waals surface area contributed by atoms with Gasteiger partial charge in [-0.2, -0.15) is 0 Å². The lowest BCUT2D eigenvalue weighted by Gasteiger charge is -2.39. The van der Waals surface area contributed by atoms with Crippen molar-refractivity contribution in [2.24, 2.45) is 0 Å². The Bertz CT molecular complexity index is 627. The number of rotatable bonds is 1. The molecule has 1 aromatic heterocycles. The van der Waals surface area contributed by atoms with Gasteiger partial charge >= 0.3 is 0 Å². The van der Waals surface area contributed by atoms with Crippen molar-refractivity contribution in [2.45, 2.75) is 50.2 Å². The van der Waals surface area contributed by atoms with E-state index in [1.807, 2.05) is 12.1 Å². The molecular weight excluding hydrogens is 270 g/mol. The Morgan fingerprint density at radius 3 is 2.90 bits per heavy atom. The zero-order chi connectivity index (χ0) is 13.6. The Morgan fingerprint density at radius 1 is 1.20 bits per heavy atom. The average molecular weight is 290 g/mol. The van der Waals surface area contributed by atoms with E-state index in [4.69, 9.17) is 16.3 Å². The van der Waals surface area contributed by atoms with Crippen LogP contribution in [-0.2, 0) is 4.74 Å². The minimum absolute atomic E-state index is 0.165. The molecule has 1 atom stereocenters. The summed E-state index contributed by atoms with van der Waals surface area (Å²) >= 11 is 6.29. The van der Waals surface area contributed by atoms with E-state index < -0.39 is 0 Å². The van der Waals surface area contributed by atoms with Gasteiger partial charge in [-0.1, -0.05) is 30.5 Å². The molecular formula is C17H20ClNO. The van der Waals surface area contributed by atoms with Gasteiger partial charge in [-0.25, -0.2) is 0 Å². The van der Waals surface area contributed by atoms with Gasteiger partial charge in [0, 0.05) is 34.8 Å². The van der Waals surface area contributed by atoms with Crippen LogP contribution in [0.3, 0.4) is 0 Å². The van der Waals surface area contributed by atoms with Gasteiger partial charge in [-0.05, 0) is 43.9 Å². The molecule has 2 aromatic rings. The Hall–Kier alpha value is -0.990. The van der Waals surface area contributed by atoms with Gasteiger partial charge in [-0.3, -0.25) is 0 Å². The highest BCUT2D eigenvalue weighted by Crippen LogP contribution is 2.44. The summed E-state index contributed by atoms with van der Waals surface area (Å²) in [6, 6.07) is 8.90. The predicted octanol–water partition coefficient (Wildman–Crippen LogP) is 4.96. The summed E-state index contributed by atoms with van der Waals surface area (Å²) in [5.74, 6) is 0. The van der Waals surface area contributed by atoms with Crippen LogP contribution in [0.2, 0.25) is 5.02 Å². The van der Waals surface area contributed by atoms with E-state index in [0.29, 0.717) is 6.04 Å². The minimum atomic E-state index is 0.165. The molecule has 3 heteroatoms. The first-order chi connectivity index (χ1) is 9.77. The number of hydrogen-bond donors (Lipinski definition) is 0. The van der Waals surface area contributed by atoms with Crippen LogP contribution in [0.4, 0.5) is 0 Å². The van der Waals surface area contributed by atoms with Crippen LogP contribution >= 0.6 is 11.6 Å². The number of halogens is 1. The highest BCUT2D eigenvalue weighted by Gasteiger charge is 2.40. The maximum atomic E-state index is 6.29. The molecule has 0 radical (unpaired) electrons. The molecule has 1 saturated heterocycles. The van der Waals surface area contributed by atoms with Crippen LogP contribution in [0.5, 0.6) is 0 Å². The molecule has 2 fully saturated rings. The smallest absolute Gasteiger partial charge is 0.0702 e. The summed E-state index contributed by atoms with van der Waals surface area (Å²) in [6.07, 6.45) is 9.60. The zero-order valence-electron chi connectivity index (χ0n) is 11.6. The third kappa shape index (κ3) is 1.97. The molecule has 1 aliphatic heterocycles. The van der Waals surface area contributed by atoms with E-state index in [9.17, 15) is 0 Å². The standard InChI is InChI=1S/C17H20ClNO/c18-15-4-3-5-16-14(15)6-10-19(16)13-7-11-20-17(12-13)8-1-2-9-17/h3-6,10,13H,1-2,7-9,11-12H2. The first-order valence-electron chi connectivity index (χ1n) is 7.66. The van der Waals surface area contributed by atoms with E-state index in [0.717, 1.165) is 24.5 Å². The van der Waals surface area contributed by atoms with Gasteiger partial charge in [0.15, 0.2) is 0 Å². The average Bonchev–Trinajstić information content (AvgIpc) is 3.07. The molecule has 4 rings (SSSR count). The van der Waals surface area contributed by atoms with Crippen molar-refractivity contribution in [3.63, 3.8) is 0 Å². The normalized spacial score (nSPS) is 25.6. The largest absolute Gasteiger partial charge is 0.375 e. The molecule has 1 aliphatic carbocycles. The molecule has 1 spiro atoms. The fraction of sp³-hybridized carbons (Fsp3) is 0.529. The molecule has 2 heterocycles. The molecule has 106 valence electrons. The van der Waals surface area contributed by atoms with E-state index in [2.05, 4.69) is 22.9 Å². The van der Waals surface area contributed by atoms with Crippen molar-refractivity contribution in [1.82, 2.24) is 4.57 Å². The molecule has 1 saturated carbocycles. The number of ether oxygens (including phenoxy) is 1.